The molecule has 19 heavy (non-hydrogen) atoms. The van der Waals surface area contributed by atoms with E-state index in [1.165, 1.54) is 6.33 Å². The fraction of sp³-hybridized carbons (Fsp3) is 0.143. The van der Waals surface area contributed by atoms with E-state index in [2.05, 4.69) is 26.5 Å². The second-order valence-corrected chi connectivity index (χ2v) is 3.88. The Balaban J connectivity index is 2.12. The van der Waals surface area contributed by atoms with Crippen LogP contribution in [0.1, 0.15) is 5.56 Å². The zero-order chi connectivity index (χ0) is 13.5. The van der Waals surface area contributed by atoms with E-state index in [4.69, 9.17) is 12.2 Å². The van der Waals surface area contributed by atoms with E-state index in [9.17, 15) is 0 Å². The number of aromatic nitrogens is 2. The topological polar surface area (TPSA) is 75.9 Å². The van der Waals surface area contributed by atoms with Gasteiger partial charge in [-0.25, -0.2) is 9.97 Å². The first-order valence-corrected chi connectivity index (χ1v) is 5.87. The number of hydrogen-bond donors (Lipinski definition) is 3. The maximum atomic E-state index is 5.61. The van der Waals surface area contributed by atoms with Gasteiger partial charge in [-0.2, -0.15) is 0 Å². The molecule has 96 valence electrons. The Labute approximate surface area is 112 Å². The Hall–Kier alpha value is -2.58. The van der Waals surface area contributed by atoms with Crippen molar-refractivity contribution in [3.8, 4) is 12.3 Å². The summed E-state index contributed by atoms with van der Waals surface area (Å²) in [4.78, 5) is 8.23. The number of benzene rings is 1. The Morgan fingerprint density at radius 3 is 2.84 bits per heavy atom. The minimum absolute atomic E-state index is 0.430. The number of terminal acetylenes is 1. The van der Waals surface area contributed by atoms with Gasteiger partial charge in [0.2, 0.25) is 0 Å². The molecular formula is C14H15N5. The van der Waals surface area contributed by atoms with Crippen molar-refractivity contribution in [2.75, 3.05) is 17.2 Å². The fourth-order valence-corrected chi connectivity index (χ4v) is 1.59. The highest BCUT2D eigenvalue weighted by atomic mass is 15.1. The Morgan fingerprint density at radius 1 is 1.21 bits per heavy atom. The molecule has 0 spiro atoms. The van der Waals surface area contributed by atoms with Crippen LogP contribution in [0.2, 0.25) is 0 Å². The van der Waals surface area contributed by atoms with Crippen LogP contribution in [0.3, 0.4) is 0 Å². The maximum Gasteiger partial charge on any atom is 0.135 e. The third-order valence-corrected chi connectivity index (χ3v) is 2.47. The van der Waals surface area contributed by atoms with E-state index >= 15 is 0 Å². The molecule has 4 N–H and O–H groups in total. The zero-order valence-corrected chi connectivity index (χ0v) is 10.4. The van der Waals surface area contributed by atoms with Crippen molar-refractivity contribution in [1.29, 1.82) is 0 Å². The maximum absolute atomic E-state index is 5.61. The van der Waals surface area contributed by atoms with Crippen LogP contribution in [0.15, 0.2) is 36.7 Å². The van der Waals surface area contributed by atoms with Crippen molar-refractivity contribution in [3.63, 3.8) is 0 Å². The zero-order valence-electron chi connectivity index (χ0n) is 10.4. The normalized spacial score (nSPS) is 9.68. The molecule has 5 nitrogen and oxygen atoms in total. The second-order valence-electron chi connectivity index (χ2n) is 3.88. The number of nitrogens with zero attached hydrogens (tertiary/aromatic N) is 2. The molecule has 0 atom stereocenters. The predicted octanol–water partition coefficient (Wildman–Crippen LogP) is 1.72. The van der Waals surface area contributed by atoms with Gasteiger partial charge < -0.3 is 16.4 Å². The Bertz CT molecular complexity index is 588. The highest BCUT2D eigenvalue weighted by molar-refractivity contribution is 5.59. The predicted molar refractivity (Wildman–Crippen MR) is 77.0 cm³/mol. The summed E-state index contributed by atoms with van der Waals surface area (Å²) in [6, 6.07) is 9.66. The molecule has 0 aliphatic carbocycles. The summed E-state index contributed by atoms with van der Waals surface area (Å²) >= 11 is 0. The van der Waals surface area contributed by atoms with E-state index in [1.54, 1.807) is 6.07 Å². The van der Waals surface area contributed by atoms with Gasteiger partial charge in [-0.3, -0.25) is 0 Å². The summed E-state index contributed by atoms with van der Waals surface area (Å²) < 4.78 is 0. The van der Waals surface area contributed by atoms with Gasteiger partial charge in [-0.1, -0.05) is 18.1 Å². The SMILES string of the molecule is C#CCNc1cc(Nc2cccc(CN)c2)ncn1. The standard InChI is InChI=1S/C14H15N5/c1-2-6-16-13-8-14(18-10-17-13)19-12-5-3-4-11(7-12)9-15/h1,3-5,7-8,10H,6,9,15H2,(H2,16,17,18,19). The van der Waals surface area contributed by atoms with Crippen LogP contribution < -0.4 is 16.4 Å². The molecule has 0 aliphatic rings. The molecule has 0 fully saturated rings. The van der Waals surface area contributed by atoms with E-state index in [0.717, 1.165) is 11.3 Å². The summed E-state index contributed by atoms with van der Waals surface area (Å²) in [6.45, 7) is 0.938. The number of nitrogens with two attached hydrogens (primary N) is 1. The van der Waals surface area contributed by atoms with Gasteiger partial charge in [0.15, 0.2) is 0 Å². The van der Waals surface area contributed by atoms with Crippen LogP contribution in [0, 0.1) is 12.3 Å². The first kappa shape index (κ1) is 12.9. The molecule has 0 unspecified atom stereocenters. The Kier molecular flexibility index (Phi) is 4.32. The third kappa shape index (κ3) is 3.69. The lowest BCUT2D eigenvalue weighted by atomic mass is 10.2. The summed E-state index contributed by atoms with van der Waals surface area (Å²) in [5, 5.41) is 6.19. The first-order chi connectivity index (χ1) is 9.31. The van der Waals surface area contributed by atoms with Gasteiger partial charge >= 0.3 is 0 Å². The van der Waals surface area contributed by atoms with Gasteiger partial charge in [0.05, 0.1) is 6.54 Å². The molecular weight excluding hydrogens is 238 g/mol. The molecule has 0 aliphatic heterocycles. The minimum Gasteiger partial charge on any atom is -0.359 e. The van der Waals surface area contributed by atoms with E-state index < -0.39 is 0 Å². The van der Waals surface area contributed by atoms with Crippen LogP contribution >= 0.6 is 0 Å². The van der Waals surface area contributed by atoms with Gasteiger partial charge in [0.1, 0.15) is 18.0 Å². The molecule has 0 saturated carbocycles. The molecule has 5 heteroatoms. The van der Waals surface area contributed by atoms with Crippen LogP contribution in [-0.2, 0) is 6.54 Å². The van der Waals surface area contributed by atoms with E-state index in [-0.39, 0.29) is 0 Å². The molecule has 1 aromatic heterocycles. The van der Waals surface area contributed by atoms with Crippen LogP contribution in [-0.4, -0.2) is 16.5 Å². The summed E-state index contributed by atoms with van der Waals surface area (Å²) in [5.41, 5.74) is 7.60. The largest absolute Gasteiger partial charge is 0.359 e. The molecule has 2 rings (SSSR count). The van der Waals surface area contributed by atoms with Gasteiger partial charge in [-0.15, -0.1) is 6.42 Å². The van der Waals surface area contributed by atoms with Crippen molar-refractivity contribution >= 4 is 17.3 Å². The minimum atomic E-state index is 0.430. The van der Waals surface area contributed by atoms with E-state index in [0.29, 0.717) is 24.7 Å². The summed E-state index contributed by atoms with van der Waals surface area (Å²) in [5.74, 6) is 3.88. The van der Waals surface area contributed by atoms with Crippen LogP contribution in [0.5, 0.6) is 0 Å². The molecule has 1 aromatic carbocycles. The van der Waals surface area contributed by atoms with Crippen molar-refractivity contribution in [3.05, 3.63) is 42.2 Å². The summed E-state index contributed by atoms with van der Waals surface area (Å²) in [6.07, 6.45) is 6.67. The molecule has 1 heterocycles. The lowest BCUT2D eigenvalue weighted by Crippen LogP contribution is -2.03. The average molecular weight is 253 g/mol. The molecule has 0 radical (unpaired) electrons. The van der Waals surface area contributed by atoms with Gasteiger partial charge in [0.25, 0.3) is 0 Å². The van der Waals surface area contributed by atoms with Crippen LogP contribution in [0.25, 0.3) is 0 Å². The molecule has 2 aromatic rings. The highest BCUT2D eigenvalue weighted by Crippen LogP contribution is 2.17. The van der Waals surface area contributed by atoms with Crippen molar-refractivity contribution < 1.29 is 0 Å². The molecule has 0 bridgehead atoms. The van der Waals surface area contributed by atoms with E-state index in [1.807, 2.05) is 24.3 Å². The number of anilines is 3. The monoisotopic (exact) mass is 253 g/mol. The van der Waals surface area contributed by atoms with Crippen LogP contribution in [0.4, 0.5) is 17.3 Å². The summed E-state index contributed by atoms with van der Waals surface area (Å²) in [7, 11) is 0. The lowest BCUT2D eigenvalue weighted by Gasteiger charge is -2.08. The van der Waals surface area contributed by atoms with Crippen molar-refractivity contribution in [2.45, 2.75) is 6.54 Å². The number of nitrogens with one attached hydrogen (secondary N) is 2. The van der Waals surface area contributed by atoms with Gasteiger partial charge in [-0.05, 0) is 17.7 Å². The Morgan fingerprint density at radius 2 is 2.05 bits per heavy atom. The third-order valence-electron chi connectivity index (χ3n) is 2.47. The van der Waals surface area contributed by atoms with Gasteiger partial charge in [0, 0.05) is 18.3 Å². The smallest absolute Gasteiger partial charge is 0.135 e. The fourth-order valence-electron chi connectivity index (χ4n) is 1.59. The lowest BCUT2D eigenvalue weighted by molar-refractivity contribution is 1.07. The first-order valence-electron chi connectivity index (χ1n) is 5.87. The second kappa shape index (κ2) is 6.38. The highest BCUT2D eigenvalue weighted by Gasteiger charge is 1.99. The quantitative estimate of drug-likeness (QED) is 0.707. The number of hydrogen-bond acceptors (Lipinski definition) is 5. The molecule has 0 saturated heterocycles. The van der Waals surface area contributed by atoms with Crippen molar-refractivity contribution in [1.82, 2.24) is 9.97 Å². The number of rotatable bonds is 5. The average Bonchev–Trinajstić information content (AvgIpc) is 2.46. The molecule has 0 amide bonds. The van der Waals surface area contributed by atoms with Crippen molar-refractivity contribution in [2.24, 2.45) is 5.73 Å².